The van der Waals surface area contributed by atoms with Gasteiger partial charge in [-0.2, -0.15) is 0 Å². The Morgan fingerprint density at radius 2 is 1.58 bits per heavy atom. The second-order valence-corrected chi connectivity index (χ2v) is 2.60. The van der Waals surface area contributed by atoms with E-state index in [2.05, 4.69) is 0 Å². The third-order valence-electron chi connectivity index (χ3n) is 1.67. The van der Waals surface area contributed by atoms with Gasteiger partial charge in [0.2, 0.25) is 0 Å². The van der Waals surface area contributed by atoms with Crippen LogP contribution in [0.2, 0.25) is 0 Å². The van der Waals surface area contributed by atoms with Gasteiger partial charge in [0.25, 0.3) is 0 Å². The summed E-state index contributed by atoms with van der Waals surface area (Å²) in [5.41, 5.74) is 0.848. The van der Waals surface area contributed by atoms with Crippen LogP contribution < -0.4 is 0 Å². The molecule has 0 aromatic carbocycles. The van der Waals surface area contributed by atoms with Gasteiger partial charge in [0.1, 0.15) is 0 Å². The number of aliphatic carboxylic acids is 2. The van der Waals surface area contributed by atoms with Crippen molar-refractivity contribution in [1.29, 1.82) is 0 Å². The average molecular weight is 172 g/mol. The maximum Gasteiger partial charge on any atom is 0.331 e. The molecule has 0 aliphatic carbocycles. The van der Waals surface area contributed by atoms with Gasteiger partial charge in [0, 0.05) is 12.0 Å². The largest absolute Gasteiger partial charge is 0.481 e. The maximum absolute atomic E-state index is 10.4. The summed E-state index contributed by atoms with van der Waals surface area (Å²) in [6.45, 7) is 3.10. The Morgan fingerprint density at radius 3 is 1.92 bits per heavy atom. The summed E-state index contributed by atoms with van der Waals surface area (Å²) in [6.07, 6.45) is 0.282. The van der Waals surface area contributed by atoms with E-state index in [9.17, 15) is 9.59 Å². The summed E-state index contributed by atoms with van der Waals surface area (Å²) in [4.78, 5) is 20.5. The predicted molar refractivity (Wildman–Crippen MR) is 42.9 cm³/mol. The maximum atomic E-state index is 10.4. The van der Waals surface area contributed by atoms with Crippen molar-refractivity contribution in [2.75, 3.05) is 0 Å². The molecule has 0 aliphatic heterocycles. The van der Waals surface area contributed by atoms with Gasteiger partial charge in [-0.25, -0.2) is 4.79 Å². The highest BCUT2D eigenvalue weighted by Gasteiger charge is 2.06. The molecule has 0 saturated carbocycles. The summed E-state index contributed by atoms with van der Waals surface area (Å²) < 4.78 is 0. The van der Waals surface area contributed by atoms with Gasteiger partial charge < -0.3 is 10.2 Å². The van der Waals surface area contributed by atoms with Crippen LogP contribution in [0.15, 0.2) is 11.1 Å². The Kier molecular flexibility index (Phi) is 4.04. The zero-order valence-electron chi connectivity index (χ0n) is 7.13. The number of carboxylic acids is 2. The van der Waals surface area contributed by atoms with Crippen molar-refractivity contribution in [1.82, 2.24) is 0 Å². The van der Waals surface area contributed by atoms with Gasteiger partial charge in [-0.15, -0.1) is 0 Å². The van der Waals surface area contributed by atoms with Crippen LogP contribution in [0.3, 0.4) is 0 Å². The minimum Gasteiger partial charge on any atom is -0.481 e. The highest BCUT2D eigenvalue weighted by atomic mass is 16.4. The summed E-state index contributed by atoms with van der Waals surface area (Å²) in [5, 5.41) is 16.8. The lowest BCUT2D eigenvalue weighted by atomic mass is 10.1. The molecule has 0 saturated heterocycles. The summed E-state index contributed by atoms with van der Waals surface area (Å²) in [5.74, 6) is -1.90. The molecule has 4 heteroatoms. The highest BCUT2D eigenvalue weighted by molar-refractivity contribution is 5.86. The van der Waals surface area contributed by atoms with Gasteiger partial charge >= 0.3 is 11.9 Å². The molecule has 0 radical (unpaired) electrons. The lowest BCUT2D eigenvalue weighted by molar-refractivity contribution is -0.137. The molecule has 0 spiro atoms. The minimum atomic E-state index is -0.988. The van der Waals surface area contributed by atoms with Gasteiger partial charge in [-0.1, -0.05) is 5.57 Å². The van der Waals surface area contributed by atoms with Crippen LogP contribution in [0.1, 0.15) is 26.7 Å². The van der Waals surface area contributed by atoms with Crippen molar-refractivity contribution in [3.8, 4) is 0 Å². The van der Waals surface area contributed by atoms with Crippen molar-refractivity contribution < 1.29 is 19.8 Å². The van der Waals surface area contributed by atoms with Crippen LogP contribution in [-0.4, -0.2) is 22.2 Å². The molecular weight excluding hydrogens is 160 g/mol. The van der Waals surface area contributed by atoms with Gasteiger partial charge in [0.05, 0.1) is 0 Å². The topological polar surface area (TPSA) is 74.6 Å². The molecule has 2 N–H and O–H groups in total. The molecule has 0 amide bonds. The number of carbonyl (C=O) groups is 2. The second kappa shape index (κ2) is 4.54. The van der Waals surface area contributed by atoms with E-state index in [1.165, 1.54) is 6.92 Å². The van der Waals surface area contributed by atoms with Crippen molar-refractivity contribution >= 4 is 11.9 Å². The third-order valence-corrected chi connectivity index (χ3v) is 1.67. The number of rotatable bonds is 4. The number of hydrogen-bond donors (Lipinski definition) is 2. The minimum absolute atomic E-state index is 0.0174. The van der Waals surface area contributed by atoms with Crippen LogP contribution in [0.4, 0.5) is 0 Å². The normalized spacial score (nSPS) is 12.2. The molecule has 0 rings (SSSR count). The Hall–Kier alpha value is -1.32. The van der Waals surface area contributed by atoms with Gasteiger partial charge in [0.15, 0.2) is 0 Å². The molecular formula is C8H12O4. The Morgan fingerprint density at radius 1 is 1.08 bits per heavy atom. The van der Waals surface area contributed by atoms with Crippen LogP contribution in [0, 0.1) is 0 Å². The van der Waals surface area contributed by atoms with E-state index >= 15 is 0 Å². The monoisotopic (exact) mass is 172 g/mol. The van der Waals surface area contributed by atoms with E-state index in [4.69, 9.17) is 10.2 Å². The SMILES string of the molecule is CC(CCC(=O)O)=C(C)C(=O)O. The van der Waals surface area contributed by atoms with E-state index in [-0.39, 0.29) is 12.0 Å². The fourth-order valence-corrected chi connectivity index (χ4v) is 0.664. The smallest absolute Gasteiger partial charge is 0.331 e. The van der Waals surface area contributed by atoms with Crippen molar-refractivity contribution in [2.24, 2.45) is 0 Å². The number of hydrogen-bond acceptors (Lipinski definition) is 2. The highest BCUT2D eigenvalue weighted by Crippen LogP contribution is 2.09. The first-order valence-electron chi connectivity index (χ1n) is 3.56. The van der Waals surface area contributed by atoms with E-state index in [0.29, 0.717) is 12.0 Å². The molecule has 12 heavy (non-hydrogen) atoms. The van der Waals surface area contributed by atoms with Crippen molar-refractivity contribution in [2.45, 2.75) is 26.7 Å². The van der Waals surface area contributed by atoms with Crippen LogP contribution >= 0.6 is 0 Å². The summed E-state index contributed by atoms with van der Waals surface area (Å²) in [6, 6.07) is 0. The average Bonchev–Trinajstić information content (AvgIpc) is 1.98. The molecule has 0 aromatic heterocycles. The van der Waals surface area contributed by atoms with Gasteiger partial charge in [-0.3, -0.25) is 4.79 Å². The molecule has 0 fully saturated rings. The van der Waals surface area contributed by atoms with Gasteiger partial charge in [-0.05, 0) is 20.3 Å². The van der Waals surface area contributed by atoms with Crippen LogP contribution in [0.25, 0.3) is 0 Å². The first kappa shape index (κ1) is 10.7. The molecule has 68 valence electrons. The van der Waals surface area contributed by atoms with E-state index in [0.717, 1.165) is 0 Å². The first-order chi connectivity index (χ1) is 5.45. The fourth-order valence-electron chi connectivity index (χ4n) is 0.664. The lowest BCUT2D eigenvalue weighted by Crippen LogP contribution is -2.01. The lowest BCUT2D eigenvalue weighted by Gasteiger charge is -2.00. The molecule has 0 aromatic rings. The molecule has 4 nitrogen and oxygen atoms in total. The zero-order chi connectivity index (χ0) is 9.72. The Labute approximate surface area is 70.5 Å². The molecule has 0 bridgehead atoms. The summed E-state index contributed by atoms with van der Waals surface area (Å²) in [7, 11) is 0. The van der Waals surface area contributed by atoms with Crippen LogP contribution in [0.5, 0.6) is 0 Å². The van der Waals surface area contributed by atoms with Crippen molar-refractivity contribution in [3.63, 3.8) is 0 Å². The van der Waals surface area contributed by atoms with Crippen molar-refractivity contribution in [3.05, 3.63) is 11.1 Å². The first-order valence-corrected chi connectivity index (χ1v) is 3.56. The second-order valence-electron chi connectivity index (χ2n) is 2.60. The molecule has 0 heterocycles. The standard InChI is InChI=1S/C8H12O4/c1-5(3-4-7(9)10)6(2)8(11)12/h3-4H2,1-2H3,(H,9,10)(H,11,12). The van der Waals surface area contributed by atoms with E-state index < -0.39 is 11.9 Å². The van der Waals surface area contributed by atoms with E-state index in [1.807, 2.05) is 0 Å². The fraction of sp³-hybridized carbons (Fsp3) is 0.500. The predicted octanol–water partition coefficient (Wildman–Crippen LogP) is 1.27. The van der Waals surface area contributed by atoms with E-state index in [1.54, 1.807) is 6.92 Å². The Balaban J connectivity index is 4.18. The molecule has 0 aliphatic rings. The van der Waals surface area contributed by atoms with Crippen LogP contribution in [-0.2, 0) is 9.59 Å². The third kappa shape index (κ3) is 3.75. The quantitative estimate of drug-likeness (QED) is 0.626. The molecule has 0 atom stereocenters. The Bertz CT molecular complexity index is 227. The number of allylic oxidation sites excluding steroid dienone is 1. The number of carboxylic acid groups (broad SMARTS) is 2. The zero-order valence-corrected chi connectivity index (χ0v) is 7.13. The summed E-state index contributed by atoms with van der Waals surface area (Å²) >= 11 is 0. The molecule has 0 unspecified atom stereocenters.